The number of benzene rings is 1. The fourth-order valence-corrected chi connectivity index (χ4v) is 1.74. The minimum absolute atomic E-state index is 0.157. The third kappa shape index (κ3) is 3.36. The maximum absolute atomic E-state index is 11.9. The van der Waals surface area contributed by atoms with E-state index in [9.17, 15) is 4.79 Å². The third-order valence-corrected chi connectivity index (χ3v) is 2.85. The predicted octanol–water partition coefficient (Wildman–Crippen LogP) is 1.17. The highest BCUT2D eigenvalue weighted by atomic mass is 16.5. The van der Waals surface area contributed by atoms with E-state index in [0.717, 1.165) is 11.3 Å². The van der Waals surface area contributed by atoms with E-state index in [1.165, 1.54) is 0 Å². The molecule has 1 heterocycles. The normalized spacial score (nSPS) is 11.9. The van der Waals surface area contributed by atoms with Crippen molar-refractivity contribution in [1.29, 1.82) is 0 Å². The molecule has 2 N–H and O–H groups in total. The first-order valence-corrected chi connectivity index (χ1v) is 6.14. The summed E-state index contributed by atoms with van der Waals surface area (Å²) in [6.45, 7) is 0.157. The molecule has 0 radical (unpaired) electrons. The van der Waals surface area contributed by atoms with Gasteiger partial charge < -0.3 is 15.2 Å². The van der Waals surface area contributed by atoms with Crippen molar-refractivity contribution in [2.75, 3.05) is 7.11 Å². The van der Waals surface area contributed by atoms with Gasteiger partial charge in [-0.2, -0.15) is 5.10 Å². The van der Waals surface area contributed by atoms with Crippen LogP contribution in [0.5, 0.6) is 5.75 Å². The van der Waals surface area contributed by atoms with Gasteiger partial charge in [0.15, 0.2) is 0 Å². The Morgan fingerprint density at radius 1 is 1.50 bits per heavy atom. The van der Waals surface area contributed by atoms with E-state index in [4.69, 9.17) is 15.2 Å². The average Bonchev–Trinajstić information content (AvgIpc) is 2.90. The lowest BCUT2D eigenvalue weighted by Crippen LogP contribution is -2.23. The van der Waals surface area contributed by atoms with Gasteiger partial charge in [0.1, 0.15) is 18.4 Å². The van der Waals surface area contributed by atoms with Gasteiger partial charge in [-0.25, -0.2) is 4.79 Å². The molecular weight excluding hydrogens is 258 g/mol. The number of rotatable bonds is 5. The Bertz CT molecular complexity index is 595. The molecule has 1 atom stereocenters. The quantitative estimate of drug-likeness (QED) is 0.829. The molecule has 1 unspecified atom stereocenters. The molecular formula is C14H17N3O3. The van der Waals surface area contributed by atoms with Gasteiger partial charge in [-0.15, -0.1) is 0 Å². The molecule has 0 bridgehead atoms. The summed E-state index contributed by atoms with van der Waals surface area (Å²) in [7, 11) is 3.35. The van der Waals surface area contributed by atoms with Crippen molar-refractivity contribution in [2.24, 2.45) is 12.8 Å². The Kier molecular flexibility index (Phi) is 4.37. The highest BCUT2D eigenvalue weighted by Gasteiger charge is 2.18. The largest absolute Gasteiger partial charge is 0.497 e. The zero-order chi connectivity index (χ0) is 14.5. The SMILES string of the molecule is COc1cccc(COC(=O)C(N)c2cnn(C)c2)c1. The second-order valence-electron chi connectivity index (χ2n) is 4.38. The predicted molar refractivity (Wildman–Crippen MR) is 72.9 cm³/mol. The van der Waals surface area contributed by atoms with Crippen molar-refractivity contribution < 1.29 is 14.3 Å². The number of esters is 1. The average molecular weight is 275 g/mol. The number of carbonyl (C=O) groups is 1. The number of hydrogen-bond donors (Lipinski definition) is 1. The fraction of sp³-hybridized carbons (Fsp3) is 0.286. The van der Waals surface area contributed by atoms with Crippen LogP contribution in [0, 0.1) is 0 Å². The number of carbonyl (C=O) groups excluding carboxylic acids is 1. The monoisotopic (exact) mass is 275 g/mol. The van der Waals surface area contributed by atoms with E-state index in [-0.39, 0.29) is 6.61 Å². The summed E-state index contributed by atoms with van der Waals surface area (Å²) in [6.07, 6.45) is 3.24. The van der Waals surface area contributed by atoms with Crippen LogP contribution in [0.15, 0.2) is 36.7 Å². The van der Waals surface area contributed by atoms with Crippen molar-refractivity contribution in [2.45, 2.75) is 12.6 Å². The van der Waals surface area contributed by atoms with E-state index in [2.05, 4.69) is 5.10 Å². The molecule has 1 aromatic carbocycles. The summed E-state index contributed by atoms with van der Waals surface area (Å²) >= 11 is 0. The zero-order valence-corrected chi connectivity index (χ0v) is 11.4. The molecule has 2 aromatic rings. The van der Waals surface area contributed by atoms with Gasteiger partial charge in [0.25, 0.3) is 0 Å². The van der Waals surface area contributed by atoms with Gasteiger partial charge in [-0.1, -0.05) is 12.1 Å². The van der Waals surface area contributed by atoms with Crippen LogP contribution in [0.4, 0.5) is 0 Å². The Labute approximate surface area is 117 Å². The summed E-state index contributed by atoms with van der Waals surface area (Å²) in [5, 5.41) is 3.97. The standard InChI is InChI=1S/C14H17N3O3/c1-17-8-11(7-16-17)13(15)14(18)20-9-10-4-3-5-12(6-10)19-2/h3-8,13H,9,15H2,1-2H3. The van der Waals surface area contributed by atoms with E-state index < -0.39 is 12.0 Å². The Morgan fingerprint density at radius 2 is 2.30 bits per heavy atom. The number of nitrogens with zero attached hydrogens (tertiary/aromatic N) is 2. The number of aromatic nitrogens is 2. The van der Waals surface area contributed by atoms with Crippen LogP contribution in [-0.4, -0.2) is 22.9 Å². The Morgan fingerprint density at radius 3 is 2.95 bits per heavy atom. The summed E-state index contributed by atoms with van der Waals surface area (Å²) in [6, 6.07) is 6.50. The minimum atomic E-state index is -0.825. The van der Waals surface area contributed by atoms with E-state index in [1.54, 1.807) is 31.2 Å². The summed E-state index contributed by atoms with van der Waals surface area (Å²) in [5.74, 6) is 0.232. The second kappa shape index (κ2) is 6.21. The molecule has 106 valence electrons. The van der Waals surface area contributed by atoms with Gasteiger partial charge in [0.2, 0.25) is 0 Å². The van der Waals surface area contributed by atoms with Crippen molar-refractivity contribution in [3.05, 3.63) is 47.8 Å². The smallest absolute Gasteiger partial charge is 0.328 e. The van der Waals surface area contributed by atoms with Crippen LogP contribution in [0.25, 0.3) is 0 Å². The lowest BCUT2D eigenvalue weighted by molar-refractivity contribution is -0.146. The maximum Gasteiger partial charge on any atom is 0.328 e. The topological polar surface area (TPSA) is 79.4 Å². The van der Waals surface area contributed by atoms with Gasteiger partial charge in [0.05, 0.1) is 13.3 Å². The highest BCUT2D eigenvalue weighted by Crippen LogP contribution is 2.15. The molecule has 6 heteroatoms. The van der Waals surface area contributed by atoms with E-state index in [1.807, 2.05) is 24.3 Å². The van der Waals surface area contributed by atoms with Gasteiger partial charge in [-0.3, -0.25) is 4.68 Å². The van der Waals surface area contributed by atoms with E-state index in [0.29, 0.717) is 5.56 Å². The molecule has 0 aliphatic rings. The van der Waals surface area contributed by atoms with Crippen LogP contribution in [-0.2, 0) is 23.2 Å². The van der Waals surface area contributed by atoms with Crippen LogP contribution < -0.4 is 10.5 Å². The van der Waals surface area contributed by atoms with Crippen molar-refractivity contribution in [3.63, 3.8) is 0 Å². The van der Waals surface area contributed by atoms with E-state index >= 15 is 0 Å². The first-order chi connectivity index (χ1) is 9.60. The van der Waals surface area contributed by atoms with Crippen LogP contribution in [0.3, 0.4) is 0 Å². The summed E-state index contributed by atoms with van der Waals surface area (Å²) in [5.41, 5.74) is 7.29. The van der Waals surface area contributed by atoms with Gasteiger partial charge in [-0.05, 0) is 17.7 Å². The molecule has 0 spiro atoms. The molecule has 0 saturated carbocycles. The minimum Gasteiger partial charge on any atom is -0.497 e. The highest BCUT2D eigenvalue weighted by molar-refractivity contribution is 5.77. The molecule has 6 nitrogen and oxygen atoms in total. The second-order valence-corrected chi connectivity index (χ2v) is 4.38. The van der Waals surface area contributed by atoms with Gasteiger partial charge in [0, 0.05) is 18.8 Å². The third-order valence-electron chi connectivity index (χ3n) is 2.85. The molecule has 20 heavy (non-hydrogen) atoms. The molecule has 0 fully saturated rings. The maximum atomic E-state index is 11.9. The number of methoxy groups -OCH3 is 1. The first-order valence-electron chi connectivity index (χ1n) is 6.14. The molecule has 1 aromatic heterocycles. The van der Waals surface area contributed by atoms with Crippen LogP contribution in [0.1, 0.15) is 17.2 Å². The number of nitrogens with two attached hydrogens (primary N) is 1. The number of hydrogen-bond acceptors (Lipinski definition) is 5. The molecule has 0 amide bonds. The molecule has 0 aliphatic carbocycles. The number of aryl methyl sites for hydroxylation is 1. The van der Waals surface area contributed by atoms with Crippen LogP contribution >= 0.6 is 0 Å². The number of ether oxygens (including phenoxy) is 2. The zero-order valence-electron chi connectivity index (χ0n) is 11.4. The van der Waals surface area contributed by atoms with Crippen LogP contribution in [0.2, 0.25) is 0 Å². The van der Waals surface area contributed by atoms with Gasteiger partial charge >= 0.3 is 5.97 Å². The molecule has 0 saturated heterocycles. The van der Waals surface area contributed by atoms with Crippen molar-refractivity contribution in [1.82, 2.24) is 9.78 Å². The fourth-order valence-electron chi connectivity index (χ4n) is 1.74. The van der Waals surface area contributed by atoms with Crippen molar-refractivity contribution >= 4 is 5.97 Å². The Hall–Kier alpha value is -2.34. The molecule has 2 rings (SSSR count). The summed E-state index contributed by atoms with van der Waals surface area (Å²) < 4.78 is 11.9. The van der Waals surface area contributed by atoms with Crippen molar-refractivity contribution in [3.8, 4) is 5.75 Å². The summed E-state index contributed by atoms with van der Waals surface area (Å²) in [4.78, 5) is 11.9. The lowest BCUT2D eigenvalue weighted by atomic mass is 10.2. The Balaban J connectivity index is 1.94. The lowest BCUT2D eigenvalue weighted by Gasteiger charge is -2.10. The molecule has 0 aliphatic heterocycles. The first kappa shape index (κ1) is 14.1.